The van der Waals surface area contributed by atoms with Crippen molar-refractivity contribution in [1.29, 1.82) is 0 Å². The van der Waals surface area contributed by atoms with Crippen molar-refractivity contribution >= 4 is 8.17 Å². The minimum absolute atomic E-state index is 0.456. The Morgan fingerprint density at radius 1 is 0.552 bits per heavy atom. The molecule has 3 atom stereocenters. The Balaban J connectivity index is 4.88. The largest absolute Gasteiger partial charge is 0.572 e. The standard InChI is InChI=1S/C24H52O4P/c1-7-13-16-22(10-4)19-26-29(25,27-20-23(11-5)17-14-8-2)28-21-24(12-6)18-15-9-3/h22-25H,7-21H2,1-6H3/q+1. The number of hydrogen-bond donors (Lipinski definition) is 1. The minimum atomic E-state index is -3.27. The van der Waals surface area contributed by atoms with Gasteiger partial charge in [0.05, 0.1) is 0 Å². The van der Waals surface area contributed by atoms with Gasteiger partial charge in [-0.3, -0.25) is 0 Å². The van der Waals surface area contributed by atoms with Crippen molar-refractivity contribution in [2.24, 2.45) is 17.8 Å². The predicted molar refractivity (Wildman–Crippen MR) is 127 cm³/mol. The third-order valence-electron chi connectivity index (χ3n) is 6.05. The molecule has 0 aliphatic rings. The van der Waals surface area contributed by atoms with E-state index < -0.39 is 8.17 Å². The molecule has 3 unspecified atom stereocenters. The van der Waals surface area contributed by atoms with Crippen LogP contribution < -0.4 is 0 Å². The van der Waals surface area contributed by atoms with Crippen molar-refractivity contribution in [2.45, 2.75) is 119 Å². The fourth-order valence-electron chi connectivity index (χ4n) is 3.40. The Bertz CT molecular complexity index is 303. The summed E-state index contributed by atoms with van der Waals surface area (Å²) < 4.78 is 18.0. The molecule has 0 spiro atoms. The highest BCUT2D eigenvalue weighted by molar-refractivity contribution is 7.55. The van der Waals surface area contributed by atoms with E-state index in [9.17, 15) is 4.89 Å². The Labute approximate surface area is 183 Å². The molecule has 0 fully saturated rings. The van der Waals surface area contributed by atoms with Gasteiger partial charge in [-0.1, -0.05) is 99.3 Å². The van der Waals surface area contributed by atoms with E-state index in [0.29, 0.717) is 37.6 Å². The average Bonchev–Trinajstić information content (AvgIpc) is 2.74. The molecular weight excluding hydrogens is 383 g/mol. The van der Waals surface area contributed by atoms with Gasteiger partial charge >= 0.3 is 8.17 Å². The summed E-state index contributed by atoms with van der Waals surface area (Å²) in [4.78, 5) is 11.2. The van der Waals surface area contributed by atoms with Crippen molar-refractivity contribution in [3.8, 4) is 0 Å². The molecule has 0 radical (unpaired) electrons. The molecule has 176 valence electrons. The molecular formula is C24H52O4P+. The molecule has 0 saturated heterocycles. The van der Waals surface area contributed by atoms with Gasteiger partial charge in [0.2, 0.25) is 0 Å². The van der Waals surface area contributed by atoms with E-state index in [-0.39, 0.29) is 0 Å². The third kappa shape index (κ3) is 14.8. The Hall–Kier alpha value is 0.270. The molecule has 1 N–H and O–H groups in total. The summed E-state index contributed by atoms with van der Waals surface area (Å²) in [5, 5.41) is 0. The SMILES string of the molecule is CCCCC(CC)CO[P+](O)(OCC(CC)CCCC)OCC(CC)CCCC. The lowest BCUT2D eigenvalue weighted by molar-refractivity contribution is 0.0467. The Kier molecular flexibility index (Phi) is 19.2. The van der Waals surface area contributed by atoms with Gasteiger partial charge in [0, 0.05) is 0 Å². The van der Waals surface area contributed by atoms with Crippen molar-refractivity contribution in [2.75, 3.05) is 19.8 Å². The summed E-state index contributed by atoms with van der Waals surface area (Å²) in [6, 6.07) is 0. The summed E-state index contributed by atoms with van der Waals surface area (Å²) in [7, 11) is -3.27. The zero-order valence-electron chi connectivity index (χ0n) is 20.5. The fourth-order valence-corrected chi connectivity index (χ4v) is 4.83. The molecule has 5 heteroatoms. The monoisotopic (exact) mass is 435 g/mol. The van der Waals surface area contributed by atoms with Gasteiger partial charge in [0.25, 0.3) is 0 Å². The van der Waals surface area contributed by atoms with Crippen molar-refractivity contribution in [3.05, 3.63) is 0 Å². The topological polar surface area (TPSA) is 47.9 Å². The Morgan fingerprint density at radius 2 is 0.828 bits per heavy atom. The first kappa shape index (κ1) is 29.3. The predicted octanol–water partition coefficient (Wildman–Crippen LogP) is 8.36. The third-order valence-corrected chi connectivity index (χ3v) is 7.48. The van der Waals surface area contributed by atoms with Crippen LogP contribution in [0, 0.1) is 17.8 Å². The van der Waals surface area contributed by atoms with E-state index in [1.165, 1.54) is 38.5 Å². The smallest absolute Gasteiger partial charge is 0.168 e. The number of unbranched alkanes of at least 4 members (excludes halogenated alkanes) is 3. The van der Waals surface area contributed by atoms with Crippen LogP contribution in [0.25, 0.3) is 0 Å². The normalized spacial score (nSPS) is 17.1. The van der Waals surface area contributed by atoms with Gasteiger partial charge in [-0.2, -0.15) is 18.5 Å². The molecule has 0 aromatic rings. The van der Waals surface area contributed by atoms with Crippen LogP contribution >= 0.6 is 8.17 Å². The first-order valence-electron chi connectivity index (χ1n) is 12.5. The zero-order chi connectivity index (χ0) is 22.0. The van der Waals surface area contributed by atoms with Gasteiger partial charge in [-0.25, -0.2) is 0 Å². The maximum Gasteiger partial charge on any atom is 0.572 e. The minimum Gasteiger partial charge on any atom is -0.168 e. The molecule has 29 heavy (non-hydrogen) atoms. The lowest BCUT2D eigenvalue weighted by Crippen LogP contribution is -2.19. The molecule has 0 aliphatic heterocycles. The summed E-state index contributed by atoms with van der Waals surface area (Å²) in [6.07, 6.45) is 13.7. The van der Waals surface area contributed by atoms with Crippen LogP contribution in [0.1, 0.15) is 119 Å². The summed E-state index contributed by atoms with van der Waals surface area (Å²) in [5.74, 6) is 1.37. The lowest BCUT2D eigenvalue weighted by atomic mass is 10.0. The van der Waals surface area contributed by atoms with Crippen LogP contribution in [0.4, 0.5) is 0 Å². The molecule has 0 saturated carbocycles. The van der Waals surface area contributed by atoms with Crippen molar-refractivity contribution in [3.63, 3.8) is 0 Å². The van der Waals surface area contributed by atoms with E-state index in [1.807, 2.05) is 0 Å². The highest BCUT2D eigenvalue weighted by atomic mass is 31.2. The van der Waals surface area contributed by atoms with Crippen LogP contribution in [0.15, 0.2) is 0 Å². The van der Waals surface area contributed by atoms with Gasteiger partial charge in [-0.05, 0) is 37.0 Å². The average molecular weight is 436 g/mol. The maximum absolute atomic E-state index is 11.2. The van der Waals surface area contributed by atoms with Crippen molar-refractivity contribution < 1.29 is 18.5 Å². The number of hydrogen-bond acceptors (Lipinski definition) is 4. The quantitative estimate of drug-likeness (QED) is 0.184. The molecule has 0 amide bonds. The fraction of sp³-hybridized carbons (Fsp3) is 1.00. The summed E-state index contributed by atoms with van der Waals surface area (Å²) in [5.41, 5.74) is 0. The van der Waals surface area contributed by atoms with Gasteiger partial charge in [0.1, 0.15) is 19.8 Å². The molecule has 0 aromatic heterocycles. The second-order valence-electron chi connectivity index (χ2n) is 8.61. The molecule has 4 nitrogen and oxygen atoms in total. The van der Waals surface area contributed by atoms with Crippen molar-refractivity contribution in [1.82, 2.24) is 0 Å². The van der Waals surface area contributed by atoms with E-state index in [1.54, 1.807) is 0 Å². The van der Waals surface area contributed by atoms with Crippen LogP contribution in [0.3, 0.4) is 0 Å². The second kappa shape index (κ2) is 19.0. The van der Waals surface area contributed by atoms with E-state index in [2.05, 4.69) is 41.5 Å². The van der Waals surface area contributed by atoms with Crippen LogP contribution in [0.2, 0.25) is 0 Å². The highest BCUT2D eigenvalue weighted by Crippen LogP contribution is 2.59. The van der Waals surface area contributed by atoms with Gasteiger partial charge < -0.3 is 0 Å². The van der Waals surface area contributed by atoms with E-state index in [0.717, 1.165) is 38.5 Å². The molecule has 0 bridgehead atoms. The lowest BCUT2D eigenvalue weighted by Gasteiger charge is -2.22. The maximum atomic E-state index is 11.2. The Morgan fingerprint density at radius 3 is 1.03 bits per heavy atom. The first-order chi connectivity index (χ1) is 14.0. The first-order valence-corrected chi connectivity index (χ1v) is 14.0. The number of rotatable bonds is 21. The van der Waals surface area contributed by atoms with E-state index in [4.69, 9.17) is 13.6 Å². The van der Waals surface area contributed by atoms with Crippen LogP contribution in [-0.4, -0.2) is 24.7 Å². The van der Waals surface area contributed by atoms with Crippen LogP contribution in [-0.2, 0) is 13.6 Å². The van der Waals surface area contributed by atoms with Gasteiger partial charge in [-0.15, -0.1) is 0 Å². The zero-order valence-corrected chi connectivity index (χ0v) is 21.4. The molecule has 0 aromatic carbocycles. The molecule has 0 heterocycles. The summed E-state index contributed by atoms with van der Waals surface area (Å²) >= 11 is 0. The van der Waals surface area contributed by atoms with E-state index >= 15 is 0 Å². The van der Waals surface area contributed by atoms with Crippen LogP contribution in [0.5, 0.6) is 0 Å². The molecule has 0 aliphatic carbocycles. The summed E-state index contributed by atoms with van der Waals surface area (Å²) in [6.45, 7) is 14.8. The molecule has 0 rings (SSSR count). The van der Waals surface area contributed by atoms with Gasteiger partial charge in [0.15, 0.2) is 0 Å². The second-order valence-corrected chi connectivity index (χ2v) is 10.3. The highest BCUT2D eigenvalue weighted by Gasteiger charge is 2.46.